The van der Waals surface area contributed by atoms with E-state index in [0.717, 1.165) is 33.9 Å². The molecule has 3 aromatic rings. The molecule has 0 aromatic heterocycles. The van der Waals surface area contributed by atoms with Gasteiger partial charge in [-0.05, 0) is 82.9 Å². The van der Waals surface area contributed by atoms with Crippen molar-refractivity contribution in [2.24, 2.45) is 0 Å². The summed E-state index contributed by atoms with van der Waals surface area (Å²) in [6.07, 6.45) is 0.953. The second kappa shape index (κ2) is 13.0. The highest BCUT2D eigenvalue weighted by molar-refractivity contribution is 6.06. The molecule has 0 saturated heterocycles. The molecule has 1 heterocycles. The highest BCUT2D eigenvalue weighted by Crippen LogP contribution is 2.49. The van der Waals surface area contributed by atoms with Gasteiger partial charge < -0.3 is 25.0 Å². The number of amides is 2. The summed E-state index contributed by atoms with van der Waals surface area (Å²) in [4.78, 5) is 32.4. The van der Waals surface area contributed by atoms with E-state index in [1.54, 1.807) is 19.1 Å². The molecule has 5 rings (SSSR count). The summed E-state index contributed by atoms with van der Waals surface area (Å²) in [5.74, 6) is 1.39. The molecule has 2 aliphatic rings. The number of hydrogen-bond acceptors (Lipinski definition) is 6. The Morgan fingerprint density at radius 2 is 1.68 bits per heavy atom. The fourth-order valence-corrected chi connectivity index (χ4v) is 6.73. The van der Waals surface area contributed by atoms with Crippen LogP contribution in [0.1, 0.15) is 70.5 Å². The number of ether oxygens (including phenoxy) is 2. The predicted molar refractivity (Wildman–Crippen MR) is 177 cm³/mol. The van der Waals surface area contributed by atoms with Crippen molar-refractivity contribution in [2.75, 3.05) is 35.9 Å². The third-order valence-electron chi connectivity index (χ3n) is 8.55. The molecule has 0 radical (unpaired) electrons. The number of para-hydroxylation sites is 2. The minimum atomic E-state index is -0.701. The van der Waals surface area contributed by atoms with Crippen molar-refractivity contribution in [2.45, 2.75) is 71.5 Å². The monoisotopic (exact) mass is 596 g/mol. The predicted octanol–water partition coefficient (Wildman–Crippen LogP) is 7.43. The Morgan fingerprint density at radius 1 is 0.977 bits per heavy atom. The quantitative estimate of drug-likeness (QED) is 0.281. The van der Waals surface area contributed by atoms with E-state index in [0.29, 0.717) is 36.4 Å². The maximum Gasteiger partial charge on any atom is 0.322 e. The number of Topliss-reactive ketones (excluding diaryl/α,β-unsaturated/α-hetero) is 1. The normalized spacial score (nSPS) is 17.9. The first kappa shape index (κ1) is 31.0. The van der Waals surface area contributed by atoms with E-state index >= 15 is 0 Å². The average molecular weight is 597 g/mol. The Kier molecular flexibility index (Phi) is 9.18. The maximum absolute atomic E-state index is 14.4. The molecular formula is C36H44N4O4. The van der Waals surface area contributed by atoms with Crippen LogP contribution < -0.4 is 29.9 Å². The van der Waals surface area contributed by atoms with Crippen molar-refractivity contribution >= 4 is 28.9 Å². The van der Waals surface area contributed by atoms with Crippen LogP contribution in [0.15, 0.2) is 78.0 Å². The van der Waals surface area contributed by atoms with Gasteiger partial charge in [0.2, 0.25) is 0 Å². The molecule has 8 heteroatoms. The number of rotatable bonds is 8. The molecule has 0 bridgehead atoms. The molecule has 2 unspecified atom stereocenters. The number of carbonyl (C=O) groups is 2. The maximum atomic E-state index is 14.4. The number of anilines is 3. The molecule has 0 fully saturated rings. The lowest BCUT2D eigenvalue weighted by molar-refractivity contribution is -0.116. The van der Waals surface area contributed by atoms with Crippen LogP contribution in [-0.2, 0) is 4.79 Å². The number of ketones is 1. The van der Waals surface area contributed by atoms with Gasteiger partial charge in [0.25, 0.3) is 0 Å². The van der Waals surface area contributed by atoms with Gasteiger partial charge in [0.1, 0.15) is 11.5 Å². The first-order valence-electron chi connectivity index (χ1n) is 15.5. The summed E-state index contributed by atoms with van der Waals surface area (Å²) in [7, 11) is 3.29. The van der Waals surface area contributed by atoms with E-state index in [2.05, 4.69) is 49.3 Å². The first-order valence-corrected chi connectivity index (χ1v) is 15.5. The van der Waals surface area contributed by atoms with Crippen LogP contribution in [0.2, 0.25) is 0 Å². The number of fused-ring (bicyclic) bond motifs is 1. The fraction of sp³-hybridized carbons (Fsp3) is 0.389. The lowest BCUT2D eigenvalue weighted by atomic mass is 9.78. The Morgan fingerprint density at radius 3 is 2.32 bits per heavy atom. The minimum absolute atomic E-state index is 0.00351. The zero-order valence-corrected chi connectivity index (χ0v) is 26.8. The largest absolute Gasteiger partial charge is 0.497 e. The Hall–Kier alpha value is -4.46. The summed E-state index contributed by atoms with van der Waals surface area (Å²) in [6.45, 7) is 11.0. The summed E-state index contributed by atoms with van der Waals surface area (Å²) in [6, 6.07) is 21.4. The highest BCUT2D eigenvalue weighted by Gasteiger charge is 2.43. The molecule has 0 saturated carbocycles. The second-order valence-corrected chi connectivity index (χ2v) is 12.0. The molecule has 8 nitrogen and oxygen atoms in total. The number of carbonyl (C=O) groups excluding carboxylic acids is 2. The van der Waals surface area contributed by atoms with Crippen LogP contribution in [-0.4, -0.2) is 44.7 Å². The van der Waals surface area contributed by atoms with E-state index < -0.39 is 6.04 Å². The lowest BCUT2D eigenvalue weighted by Crippen LogP contribution is -2.44. The third-order valence-corrected chi connectivity index (χ3v) is 8.55. The van der Waals surface area contributed by atoms with E-state index in [4.69, 9.17) is 9.47 Å². The Bertz CT molecular complexity index is 1540. The number of methoxy groups -OCH3 is 2. The van der Waals surface area contributed by atoms with Gasteiger partial charge in [-0.3, -0.25) is 9.69 Å². The summed E-state index contributed by atoms with van der Waals surface area (Å²) in [5.41, 5.74) is 5.75. The summed E-state index contributed by atoms with van der Waals surface area (Å²) < 4.78 is 11.4. The number of urea groups is 1. The first-order chi connectivity index (χ1) is 21.2. The average Bonchev–Trinajstić information content (AvgIpc) is 3.15. The van der Waals surface area contributed by atoms with E-state index in [1.165, 1.54) is 0 Å². The van der Waals surface area contributed by atoms with Gasteiger partial charge in [0, 0.05) is 53.6 Å². The minimum Gasteiger partial charge on any atom is -0.497 e. The molecule has 232 valence electrons. The van der Waals surface area contributed by atoms with Crippen LogP contribution in [0.5, 0.6) is 11.5 Å². The molecule has 3 aromatic carbocycles. The van der Waals surface area contributed by atoms with Gasteiger partial charge in [-0.1, -0.05) is 30.3 Å². The molecule has 44 heavy (non-hydrogen) atoms. The molecule has 2 N–H and O–H groups in total. The SMILES string of the molecule is CCNC(=O)N1c2ccccc2NC2=C(C(=O)CC(c3ccc(OC)cc3)C2)C1c1ccc(N(C(C)C)C(C)C)cc1OC. The van der Waals surface area contributed by atoms with Crippen LogP contribution in [0, 0.1) is 0 Å². The standard InChI is InChI=1S/C36H44N4O4/c1-8-37-36(42)40-31-12-10-9-11-29(31)38-30-19-25(24-13-16-27(43-6)17-14-24)20-32(41)34(30)35(40)28-18-15-26(21-33(28)44-7)39(22(2)3)23(4)5/h9-18,21-23,25,35,38H,8,19-20H2,1-7H3,(H,37,42). The topological polar surface area (TPSA) is 83.1 Å². The van der Waals surface area contributed by atoms with E-state index in [1.807, 2.05) is 67.6 Å². The fourth-order valence-electron chi connectivity index (χ4n) is 6.73. The number of hydrogen-bond donors (Lipinski definition) is 2. The van der Waals surface area contributed by atoms with Gasteiger partial charge in [0.15, 0.2) is 5.78 Å². The van der Waals surface area contributed by atoms with E-state index in [9.17, 15) is 9.59 Å². The summed E-state index contributed by atoms with van der Waals surface area (Å²) in [5, 5.41) is 6.60. The van der Waals surface area contributed by atoms with Crippen LogP contribution in [0.3, 0.4) is 0 Å². The number of allylic oxidation sites excluding steroid dienone is 1. The van der Waals surface area contributed by atoms with Crippen molar-refractivity contribution in [1.82, 2.24) is 5.32 Å². The lowest BCUT2D eigenvalue weighted by Gasteiger charge is -2.37. The molecule has 1 aliphatic carbocycles. The van der Waals surface area contributed by atoms with Crippen molar-refractivity contribution in [3.8, 4) is 11.5 Å². The van der Waals surface area contributed by atoms with Gasteiger partial charge in [0.05, 0.1) is 31.6 Å². The van der Waals surface area contributed by atoms with Crippen molar-refractivity contribution < 1.29 is 19.1 Å². The zero-order valence-electron chi connectivity index (χ0n) is 26.8. The smallest absolute Gasteiger partial charge is 0.322 e. The molecule has 0 spiro atoms. The van der Waals surface area contributed by atoms with Crippen molar-refractivity contribution in [3.05, 3.63) is 89.1 Å². The summed E-state index contributed by atoms with van der Waals surface area (Å²) >= 11 is 0. The molecule has 2 amide bonds. The Labute approximate surface area is 261 Å². The highest BCUT2D eigenvalue weighted by atomic mass is 16.5. The van der Waals surface area contributed by atoms with Gasteiger partial charge in [-0.25, -0.2) is 4.79 Å². The van der Waals surface area contributed by atoms with Gasteiger partial charge in [-0.15, -0.1) is 0 Å². The van der Waals surface area contributed by atoms with Gasteiger partial charge in [-0.2, -0.15) is 0 Å². The molecular weight excluding hydrogens is 552 g/mol. The van der Waals surface area contributed by atoms with Crippen molar-refractivity contribution in [3.63, 3.8) is 0 Å². The van der Waals surface area contributed by atoms with Crippen molar-refractivity contribution in [1.29, 1.82) is 0 Å². The molecule has 1 aliphatic heterocycles. The van der Waals surface area contributed by atoms with Crippen LogP contribution >= 0.6 is 0 Å². The second-order valence-electron chi connectivity index (χ2n) is 12.0. The van der Waals surface area contributed by atoms with Crippen LogP contribution in [0.25, 0.3) is 0 Å². The number of benzene rings is 3. The number of nitrogens with zero attached hydrogens (tertiary/aromatic N) is 2. The third kappa shape index (κ3) is 5.85. The Balaban J connectivity index is 1.71. The number of nitrogens with one attached hydrogen (secondary N) is 2. The zero-order chi connectivity index (χ0) is 31.5. The van der Waals surface area contributed by atoms with E-state index in [-0.39, 0.29) is 29.8 Å². The van der Waals surface area contributed by atoms with Gasteiger partial charge >= 0.3 is 6.03 Å². The molecule has 2 atom stereocenters. The van der Waals surface area contributed by atoms with Crippen LogP contribution in [0.4, 0.5) is 21.9 Å².